The number of halogens is 3. The first-order valence-corrected chi connectivity index (χ1v) is 11.8. The van der Waals surface area contributed by atoms with E-state index >= 15 is 0 Å². The molecular weight excluding hydrogens is 503 g/mol. The van der Waals surface area contributed by atoms with E-state index in [2.05, 4.69) is 36.7 Å². The predicted molar refractivity (Wildman–Crippen MR) is 133 cm³/mol. The van der Waals surface area contributed by atoms with Gasteiger partial charge in [-0.2, -0.15) is 18.3 Å². The van der Waals surface area contributed by atoms with Crippen LogP contribution in [-0.4, -0.2) is 58.3 Å². The van der Waals surface area contributed by atoms with Crippen molar-refractivity contribution < 1.29 is 27.5 Å². The van der Waals surface area contributed by atoms with Crippen LogP contribution in [0.4, 0.5) is 13.2 Å². The van der Waals surface area contributed by atoms with Crippen molar-refractivity contribution >= 4 is 11.8 Å². The zero-order valence-electron chi connectivity index (χ0n) is 20.7. The van der Waals surface area contributed by atoms with E-state index in [9.17, 15) is 22.8 Å². The van der Waals surface area contributed by atoms with Crippen molar-refractivity contribution in [1.29, 1.82) is 0 Å². The Labute approximate surface area is 216 Å². The lowest BCUT2D eigenvalue weighted by atomic mass is 10.0. The van der Waals surface area contributed by atoms with Crippen LogP contribution in [0.3, 0.4) is 0 Å². The van der Waals surface area contributed by atoms with E-state index < -0.39 is 17.8 Å². The minimum atomic E-state index is -4.73. The SMILES string of the molecule is C#CCc1[nH]nc(C(F)(F)F)c1-c1cnc(C(=O)NCc2ccc(C(=O)NCCOCCN)c(CC)c2)[nH]1. The number of terminal acetylenes is 1. The highest BCUT2D eigenvalue weighted by molar-refractivity contribution is 5.96. The maximum atomic E-state index is 13.4. The number of H-pyrrole nitrogens is 2. The third-order valence-electron chi connectivity index (χ3n) is 5.49. The Morgan fingerprint density at radius 1 is 1.21 bits per heavy atom. The monoisotopic (exact) mass is 531 g/mol. The summed E-state index contributed by atoms with van der Waals surface area (Å²) in [7, 11) is 0. The summed E-state index contributed by atoms with van der Waals surface area (Å²) >= 11 is 0. The number of amides is 2. The number of carbonyl (C=O) groups is 2. The Morgan fingerprint density at radius 2 is 2.00 bits per heavy atom. The van der Waals surface area contributed by atoms with Crippen LogP contribution in [0.2, 0.25) is 0 Å². The van der Waals surface area contributed by atoms with Gasteiger partial charge in [0.1, 0.15) is 0 Å². The van der Waals surface area contributed by atoms with Gasteiger partial charge in [-0.05, 0) is 23.6 Å². The lowest BCUT2D eigenvalue weighted by Gasteiger charge is -2.12. The van der Waals surface area contributed by atoms with Crippen LogP contribution in [0.15, 0.2) is 24.4 Å². The van der Waals surface area contributed by atoms with Gasteiger partial charge >= 0.3 is 6.18 Å². The molecule has 3 aromatic rings. The molecule has 0 fully saturated rings. The largest absolute Gasteiger partial charge is 0.435 e. The molecular formula is C25H28F3N7O3. The van der Waals surface area contributed by atoms with E-state index in [1.165, 1.54) is 0 Å². The van der Waals surface area contributed by atoms with Crippen molar-refractivity contribution in [2.75, 3.05) is 26.3 Å². The van der Waals surface area contributed by atoms with Crippen LogP contribution in [0, 0.1) is 12.3 Å². The van der Waals surface area contributed by atoms with E-state index in [4.69, 9.17) is 16.9 Å². The Bertz CT molecular complexity index is 1310. The Kier molecular flexibility index (Phi) is 9.64. The number of benzene rings is 1. The van der Waals surface area contributed by atoms with Gasteiger partial charge < -0.3 is 26.1 Å². The van der Waals surface area contributed by atoms with Crippen LogP contribution >= 0.6 is 0 Å². The summed E-state index contributed by atoms with van der Waals surface area (Å²) in [6.45, 7) is 3.54. The summed E-state index contributed by atoms with van der Waals surface area (Å²) in [4.78, 5) is 31.7. The van der Waals surface area contributed by atoms with E-state index in [1.54, 1.807) is 18.2 Å². The van der Waals surface area contributed by atoms with Crippen LogP contribution in [-0.2, 0) is 30.3 Å². The molecule has 0 aliphatic heterocycles. The molecule has 1 aromatic carbocycles. The topological polar surface area (TPSA) is 151 Å². The molecule has 202 valence electrons. The zero-order valence-corrected chi connectivity index (χ0v) is 20.7. The fourth-order valence-electron chi connectivity index (χ4n) is 3.72. The fourth-order valence-corrected chi connectivity index (χ4v) is 3.72. The highest BCUT2D eigenvalue weighted by atomic mass is 19.4. The lowest BCUT2D eigenvalue weighted by Crippen LogP contribution is -2.29. The maximum Gasteiger partial charge on any atom is 0.435 e. The number of ether oxygens (including phenoxy) is 1. The summed E-state index contributed by atoms with van der Waals surface area (Å²) in [5.41, 5.74) is 5.99. The molecule has 0 radical (unpaired) electrons. The number of alkyl halides is 3. The Morgan fingerprint density at radius 3 is 2.68 bits per heavy atom. The van der Waals surface area contributed by atoms with E-state index in [1.807, 2.05) is 6.92 Å². The summed E-state index contributed by atoms with van der Waals surface area (Å²) in [6.07, 6.45) is 2.12. The number of nitrogens with two attached hydrogens (primary N) is 1. The van der Waals surface area contributed by atoms with Gasteiger partial charge in [-0.15, -0.1) is 12.3 Å². The maximum absolute atomic E-state index is 13.4. The summed E-state index contributed by atoms with van der Waals surface area (Å²) in [5.74, 6) is 1.24. The van der Waals surface area contributed by atoms with Crippen molar-refractivity contribution in [2.24, 2.45) is 5.73 Å². The van der Waals surface area contributed by atoms with Gasteiger partial charge in [0.25, 0.3) is 11.8 Å². The van der Waals surface area contributed by atoms with Gasteiger partial charge in [0.05, 0.1) is 42.8 Å². The first-order valence-electron chi connectivity index (χ1n) is 11.8. The Hall–Kier alpha value is -4.15. The van der Waals surface area contributed by atoms with Crippen molar-refractivity contribution in [2.45, 2.75) is 32.5 Å². The van der Waals surface area contributed by atoms with Gasteiger partial charge in [0, 0.05) is 25.2 Å². The minimum absolute atomic E-state index is 0.0430. The molecule has 38 heavy (non-hydrogen) atoms. The molecule has 2 amide bonds. The number of carbonyl (C=O) groups excluding carboxylic acids is 2. The third-order valence-corrected chi connectivity index (χ3v) is 5.49. The predicted octanol–water partition coefficient (Wildman–Crippen LogP) is 2.19. The summed E-state index contributed by atoms with van der Waals surface area (Å²) in [5, 5.41) is 11.1. The molecule has 0 aliphatic rings. The number of aryl methyl sites for hydroxylation is 1. The number of imidazole rings is 1. The standard InChI is InChI=1S/C25H28F3N7O3/c1-3-5-18-20(21(35-34-18)25(26,27)28)19-14-31-22(33-19)24(37)32-13-15-6-7-17(16(4-2)12-15)23(36)30-9-11-38-10-8-29/h1,6-7,12,14H,4-5,8-11,13,29H2,2H3,(H,30,36)(H,31,33)(H,32,37)(H,34,35). The molecule has 3 rings (SSSR count). The number of nitrogens with zero attached hydrogens (tertiary/aromatic N) is 2. The second-order valence-corrected chi connectivity index (χ2v) is 8.13. The first kappa shape index (κ1) is 28.4. The zero-order chi connectivity index (χ0) is 27.7. The average Bonchev–Trinajstić information content (AvgIpc) is 3.54. The van der Waals surface area contributed by atoms with Gasteiger partial charge in [-0.25, -0.2) is 4.98 Å². The van der Waals surface area contributed by atoms with Crippen LogP contribution in [0.5, 0.6) is 0 Å². The molecule has 2 aromatic heterocycles. The molecule has 13 heteroatoms. The molecule has 6 N–H and O–H groups in total. The number of nitrogens with one attached hydrogen (secondary N) is 4. The second-order valence-electron chi connectivity index (χ2n) is 8.13. The number of rotatable bonds is 12. The van der Waals surface area contributed by atoms with Crippen molar-refractivity contribution in [3.8, 4) is 23.6 Å². The quantitative estimate of drug-likeness (QED) is 0.179. The van der Waals surface area contributed by atoms with Crippen LogP contribution in [0.25, 0.3) is 11.3 Å². The number of hydrogen-bond donors (Lipinski definition) is 5. The molecule has 0 atom stereocenters. The summed E-state index contributed by atoms with van der Waals surface area (Å²) in [6, 6.07) is 5.19. The van der Waals surface area contributed by atoms with Crippen molar-refractivity contribution in [3.05, 3.63) is 58.3 Å². The van der Waals surface area contributed by atoms with E-state index in [-0.39, 0.29) is 41.6 Å². The summed E-state index contributed by atoms with van der Waals surface area (Å²) < 4.78 is 45.5. The van der Waals surface area contributed by atoms with Crippen molar-refractivity contribution in [1.82, 2.24) is 30.8 Å². The third kappa shape index (κ3) is 6.99. The van der Waals surface area contributed by atoms with E-state index in [0.29, 0.717) is 38.3 Å². The van der Waals surface area contributed by atoms with Crippen LogP contribution < -0.4 is 16.4 Å². The first-order chi connectivity index (χ1) is 18.2. The van der Waals surface area contributed by atoms with Gasteiger partial charge in [-0.1, -0.05) is 19.1 Å². The second kappa shape index (κ2) is 12.9. The van der Waals surface area contributed by atoms with Crippen LogP contribution in [0.1, 0.15) is 50.4 Å². The smallest absolute Gasteiger partial charge is 0.378 e. The number of hydrogen-bond acceptors (Lipinski definition) is 6. The molecule has 0 saturated heterocycles. The van der Waals surface area contributed by atoms with Gasteiger partial charge in [0.2, 0.25) is 0 Å². The molecule has 0 saturated carbocycles. The number of aromatic nitrogens is 4. The number of aromatic amines is 2. The molecule has 0 spiro atoms. The fraction of sp³-hybridized carbons (Fsp3) is 0.360. The average molecular weight is 532 g/mol. The highest BCUT2D eigenvalue weighted by Crippen LogP contribution is 2.37. The Balaban J connectivity index is 1.67. The molecule has 10 nitrogen and oxygen atoms in total. The molecule has 2 heterocycles. The highest BCUT2D eigenvalue weighted by Gasteiger charge is 2.39. The minimum Gasteiger partial charge on any atom is -0.378 e. The normalized spacial score (nSPS) is 11.3. The van der Waals surface area contributed by atoms with E-state index in [0.717, 1.165) is 17.3 Å². The van der Waals surface area contributed by atoms with Crippen molar-refractivity contribution in [3.63, 3.8) is 0 Å². The molecule has 0 aliphatic carbocycles. The lowest BCUT2D eigenvalue weighted by molar-refractivity contribution is -0.140. The molecule has 0 unspecified atom stereocenters. The van der Waals surface area contributed by atoms with Gasteiger partial charge in [-0.3, -0.25) is 14.7 Å². The van der Waals surface area contributed by atoms with Gasteiger partial charge in [0.15, 0.2) is 11.5 Å². The molecule has 0 bridgehead atoms.